The summed E-state index contributed by atoms with van der Waals surface area (Å²) in [4.78, 5) is 0. The van der Waals surface area contributed by atoms with Gasteiger partial charge in [-0.3, -0.25) is 0 Å². The van der Waals surface area contributed by atoms with Crippen LogP contribution in [-0.4, -0.2) is 18.2 Å². The van der Waals surface area contributed by atoms with Gasteiger partial charge in [0.05, 0.1) is 12.7 Å². The van der Waals surface area contributed by atoms with E-state index in [0.29, 0.717) is 0 Å². The summed E-state index contributed by atoms with van der Waals surface area (Å²) >= 11 is 0. The highest BCUT2D eigenvalue weighted by Gasteiger charge is 2.17. The Morgan fingerprint density at radius 2 is 1.88 bits per heavy atom. The van der Waals surface area contributed by atoms with Gasteiger partial charge in [0.2, 0.25) is 0 Å². The van der Waals surface area contributed by atoms with Gasteiger partial charge in [-0.2, -0.15) is 13.5 Å². The number of nitrogens with zero attached hydrogens (tertiary/aromatic N) is 2. The third-order valence-corrected chi connectivity index (χ3v) is 2.95. The summed E-state index contributed by atoms with van der Waals surface area (Å²) < 4.78 is 35.5. The Kier molecular flexibility index (Phi) is 2.74. The fourth-order valence-corrected chi connectivity index (χ4v) is 1.99. The van der Waals surface area contributed by atoms with Gasteiger partial charge in [-0.1, -0.05) is 34.2 Å². The zero-order valence-corrected chi connectivity index (χ0v) is 9.06. The van der Waals surface area contributed by atoms with Gasteiger partial charge in [0.1, 0.15) is 0 Å². The van der Waals surface area contributed by atoms with Crippen molar-refractivity contribution in [2.24, 2.45) is 0 Å². The summed E-state index contributed by atoms with van der Waals surface area (Å²) in [7, 11) is -4.71. The normalized spacial score (nSPS) is 11.6. The van der Waals surface area contributed by atoms with Crippen molar-refractivity contribution in [1.29, 1.82) is 0 Å². The van der Waals surface area contributed by atoms with Gasteiger partial charge >= 0.3 is 10.2 Å². The van der Waals surface area contributed by atoms with Crippen LogP contribution >= 0.6 is 0 Å². The van der Waals surface area contributed by atoms with Gasteiger partial charge in [-0.15, -0.1) is 0 Å². The monoisotopic (exact) mass is 240 g/mol. The molecule has 2 rings (SSSR count). The third kappa shape index (κ3) is 2.27. The lowest BCUT2D eigenvalue weighted by molar-refractivity contribution is 0.525. The van der Waals surface area contributed by atoms with E-state index in [4.69, 9.17) is 0 Å². The summed E-state index contributed by atoms with van der Waals surface area (Å²) in [6.45, 7) is 0.228. The smallest absolute Gasteiger partial charge is 0.247 e. The molecule has 0 aliphatic rings. The van der Waals surface area contributed by atoms with Gasteiger partial charge in [0.15, 0.2) is 5.03 Å². The summed E-state index contributed by atoms with van der Waals surface area (Å²) in [5.74, 6) is 0. The van der Waals surface area contributed by atoms with Crippen molar-refractivity contribution in [3.8, 4) is 0 Å². The molecule has 0 aliphatic heterocycles. The van der Waals surface area contributed by atoms with Crippen molar-refractivity contribution in [1.82, 2.24) is 9.78 Å². The average molecular weight is 240 g/mol. The standard InChI is InChI=1S/C10H9FN2O2S/c11-16(14,15)10-6-7-12-13(10)8-9-4-2-1-3-5-9/h1-7H,8H2. The second-order valence-electron chi connectivity index (χ2n) is 3.25. The number of rotatable bonds is 3. The molecule has 6 heteroatoms. The molecule has 0 unspecified atom stereocenters. The first-order valence-electron chi connectivity index (χ1n) is 4.58. The van der Waals surface area contributed by atoms with E-state index in [2.05, 4.69) is 5.10 Å². The Balaban J connectivity index is 2.34. The Hall–Kier alpha value is -1.69. The van der Waals surface area contributed by atoms with E-state index in [1.807, 2.05) is 30.3 Å². The number of aromatic nitrogens is 2. The first-order chi connectivity index (χ1) is 7.57. The average Bonchev–Trinajstić information content (AvgIpc) is 2.67. The molecule has 0 atom stereocenters. The van der Waals surface area contributed by atoms with Gasteiger partial charge in [-0.25, -0.2) is 4.68 Å². The first kappa shape index (κ1) is 10.8. The minimum absolute atomic E-state index is 0.228. The lowest BCUT2D eigenvalue weighted by Crippen LogP contribution is -2.08. The van der Waals surface area contributed by atoms with Gasteiger partial charge < -0.3 is 0 Å². The molecule has 16 heavy (non-hydrogen) atoms. The molecule has 1 heterocycles. The third-order valence-electron chi connectivity index (χ3n) is 2.10. The summed E-state index contributed by atoms with van der Waals surface area (Å²) in [5.41, 5.74) is 0.858. The second-order valence-corrected chi connectivity index (χ2v) is 4.54. The lowest BCUT2D eigenvalue weighted by atomic mass is 10.2. The number of hydrogen-bond donors (Lipinski definition) is 0. The molecule has 84 valence electrons. The minimum atomic E-state index is -4.71. The molecule has 4 nitrogen and oxygen atoms in total. The van der Waals surface area contributed by atoms with Crippen molar-refractivity contribution in [3.63, 3.8) is 0 Å². The van der Waals surface area contributed by atoms with E-state index < -0.39 is 15.2 Å². The largest absolute Gasteiger partial charge is 0.349 e. The maximum Gasteiger partial charge on any atom is 0.349 e. The van der Waals surface area contributed by atoms with Crippen LogP contribution in [0, 0.1) is 0 Å². The number of benzene rings is 1. The molecular weight excluding hydrogens is 231 g/mol. The molecule has 0 fully saturated rings. The zero-order valence-electron chi connectivity index (χ0n) is 8.25. The molecule has 0 N–H and O–H groups in total. The predicted octanol–water partition coefficient (Wildman–Crippen LogP) is 1.59. The van der Waals surface area contributed by atoms with Gasteiger partial charge in [-0.05, 0) is 11.6 Å². The highest BCUT2D eigenvalue weighted by Crippen LogP contribution is 2.13. The molecule has 0 radical (unpaired) electrons. The molecule has 0 spiro atoms. The van der Waals surface area contributed by atoms with Crippen molar-refractivity contribution in [2.45, 2.75) is 11.6 Å². The molecule has 2 aromatic rings. The van der Waals surface area contributed by atoms with Crippen molar-refractivity contribution >= 4 is 10.2 Å². The minimum Gasteiger partial charge on any atom is -0.247 e. The Bertz CT molecular complexity index is 578. The van der Waals surface area contributed by atoms with E-state index >= 15 is 0 Å². The van der Waals surface area contributed by atoms with Gasteiger partial charge in [0.25, 0.3) is 0 Å². The quantitative estimate of drug-likeness (QED) is 0.765. The van der Waals surface area contributed by atoms with Crippen molar-refractivity contribution in [2.75, 3.05) is 0 Å². The van der Waals surface area contributed by atoms with Crippen LogP contribution in [0.2, 0.25) is 0 Å². The van der Waals surface area contributed by atoms with Crippen molar-refractivity contribution in [3.05, 3.63) is 48.2 Å². The van der Waals surface area contributed by atoms with Crippen LogP contribution in [0.1, 0.15) is 5.56 Å². The molecule has 0 bridgehead atoms. The van der Waals surface area contributed by atoms with E-state index in [-0.39, 0.29) is 6.54 Å². The highest BCUT2D eigenvalue weighted by molar-refractivity contribution is 7.86. The Morgan fingerprint density at radius 1 is 1.19 bits per heavy atom. The van der Waals surface area contributed by atoms with Crippen LogP contribution in [0.3, 0.4) is 0 Å². The summed E-state index contributed by atoms with van der Waals surface area (Å²) in [6.07, 6.45) is 1.26. The zero-order chi connectivity index (χ0) is 11.6. The molecule has 0 saturated heterocycles. The SMILES string of the molecule is O=S(=O)(F)c1ccnn1Cc1ccccc1. The summed E-state index contributed by atoms with van der Waals surface area (Å²) in [5, 5.41) is 3.36. The van der Waals surface area contributed by atoms with Crippen molar-refractivity contribution < 1.29 is 12.3 Å². The van der Waals surface area contributed by atoms with Crippen LogP contribution in [0.5, 0.6) is 0 Å². The van der Waals surface area contributed by atoms with Crippen LogP contribution < -0.4 is 0 Å². The Morgan fingerprint density at radius 3 is 2.50 bits per heavy atom. The maximum absolute atomic E-state index is 12.8. The first-order valence-corrected chi connectivity index (χ1v) is 5.96. The van der Waals surface area contributed by atoms with Crippen LogP contribution in [0.25, 0.3) is 0 Å². The molecule has 1 aromatic heterocycles. The number of hydrogen-bond acceptors (Lipinski definition) is 3. The fourth-order valence-electron chi connectivity index (χ4n) is 1.40. The van der Waals surface area contributed by atoms with E-state index in [9.17, 15) is 12.3 Å². The van der Waals surface area contributed by atoms with Gasteiger partial charge in [0, 0.05) is 0 Å². The molecule has 0 aliphatic carbocycles. The second kappa shape index (κ2) is 4.05. The predicted molar refractivity (Wildman–Crippen MR) is 56.1 cm³/mol. The van der Waals surface area contributed by atoms with Crippen LogP contribution in [0.15, 0.2) is 47.6 Å². The summed E-state index contributed by atoms with van der Waals surface area (Å²) in [6, 6.07) is 10.3. The molecule has 0 amide bonds. The molecule has 0 saturated carbocycles. The topological polar surface area (TPSA) is 52.0 Å². The van der Waals surface area contributed by atoms with Crippen LogP contribution in [-0.2, 0) is 16.8 Å². The fraction of sp³-hybridized carbons (Fsp3) is 0.100. The van der Waals surface area contributed by atoms with Crippen LogP contribution in [0.4, 0.5) is 3.89 Å². The van der Waals surface area contributed by atoms with E-state index in [0.717, 1.165) is 16.3 Å². The maximum atomic E-state index is 12.8. The Labute approximate surface area is 92.5 Å². The number of halogens is 1. The van der Waals surface area contributed by atoms with E-state index in [1.165, 1.54) is 6.20 Å². The molecular formula is C10H9FN2O2S. The lowest BCUT2D eigenvalue weighted by Gasteiger charge is -2.04. The highest BCUT2D eigenvalue weighted by atomic mass is 32.3. The molecule has 1 aromatic carbocycles. The van der Waals surface area contributed by atoms with E-state index in [1.54, 1.807) is 0 Å².